The molecule has 1 saturated heterocycles. The molecule has 0 saturated carbocycles. The van der Waals surface area contributed by atoms with Crippen molar-refractivity contribution in [1.82, 2.24) is 10.2 Å². The first-order valence-corrected chi connectivity index (χ1v) is 7.12. The summed E-state index contributed by atoms with van der Waals surface area (Å²) in [5.74, 6) is -0.157. The molecular weight excluding hydrogens is 244 g/mol. The van der Waals surface area contributed by atoms with Crippen molar-refractivity contribution in [1.29, 1.82) is 0 Å². The largest absolute Gasteiger partial charge is 0.383 e. The van der Waals surface area contributed by atoms with Crippen LogP contribution in [0.1, 0.15) is 40.0 Å². The van der Waals surface area contributed by atoms with Crippen LogP contribution in [0.15, 0.2) is 0 Å². The third-order valence-corrected chi connectivity index (χ3v) is 3.80. The minimum absolute atomic E-state index is 0.00849. The van der Waals surface area contributed by atoms with Gasteiger partial charge in [-0.2, -0.15) is 0 Å². The molecular formula is C14H26N2O3. The number of nitrogens with one attached hydrogen (secondary N) is 1. The van der Waals surface area contributed by atoms with Crippen molar-refractivity contribution in [3.63, 3.8) is 0 Å². The van der Waals surface area contributed by atoms with Crippen LogP contribution in [0.3, 0.4) is 0 Å². The molecule has 1 heterocycles. The van der Waals surface area contributed by atoms with Gasteiger partial charge in [0, 0.05) is 26.1 Å². The molecule has 2 atom stereocenters. The van der Waals surface area contributed by atoms with E-state index in [1.165, 1.54) is 0 Å². The van der Waals surface area contributed by atoms with Gasteiger partial charge in [0.05, 0.1) is 18.6 Å². The molecule has 110 valence electrons. The number of hydrogen-bond acceptors (Lipinski definition) is 3. The average molecular weight is 270 g/mol. The summed E-state index contributed by atoms with van der Waals surface area (Å²) in [7, 11) is 1.62. The normalized spacial score (nSPS) is 21.0. The molecule has 0 aromatic rings. The molecule has 0 aromatic heterocycles. The first kappa shape index (κ1) is 16.0. The van der Waals surface area contributed by atoms with E-state index >= 15 is 0 Å². The van der Waals surface area contributed by atoms with Gasteiger partial charge in [-0.25, -0.2) is 0 Å². The molecule has 1 aliphatic heterocycles. The van der Waals surface area contributed by atoms with E-state index in [2.05, 4.69) is 19.2 Å². The smallest absolute Gasteiger partial charge is 0.225 e. The summed E-state index contributed by atoms with van der Waals surface area (Å²) in [6.07, 6.45) is 2.17. The van der Waals surface area contributed by atoms with E-state index in [0.717, 1.165) is 12.8 Å². The molecule has 0 bridgehead atoms. The fraction of sp³-hybridized carbons (Fsp3) is 0.857. The van der Waals surface area contributed by atoms with Crippen LogP contribution in [-0.2, 0) is 14.3 Å². The predicted molar refractivity (Wildman–Crippen MR) is 73.7 cm³/mol. The van der Waals surface area contributed by atoms with E-state index in [1.54, 1.807) is 12.0 Å². The average Bonchev–Trinajstić information content (AvgIpc) is 2.78. The number of hydrogen-bond donors (Lipinski definition) is 1. The van der Waals surface area contributed by atoms with Crippen molar-refractivity contribution >= 4 is 11.8 Å². The number of ether oxygens (including phenoxy) is 1. The van der Waals surface area contributed by atoms with Gasteiger partial charge in [0.2, 0.25) is 11.8 Å². The standard InChI is InChI=1S/C14H26N2O3/c1-5-12(6-2)15-14(18)11-7-13(17)16(8-11)10(3)9-19-4/h10-12H,5-9H2,1-4H3,(H,15,18)/t10-,11-/m1/s1. The van der Waals surface area contributed by atoms with Gasteiger partial charge in [0.25, 0.3) is 0 Å². The lowest BCUT2D eigenvalue weighted by molar-refractivity contribution is -0.130. The summed E-state index contributed by atoms with van der Waals surface area (Å²) >= 11 is 0. The van der Waals surface area contributed by atoms with E-state index in [0.29, 0.717) is 19.6 Å². The fourth-order valence-corrected chi connectivity index (χ4v) is 2.48. The van der Waals surface area contributed by atoms with Gasteiger partial charge in [-0.1, -0.05) is 13.8 Å². The first-order chi connectivity index (χ1) is 9.03. The molecule has 19 heavy (non-hydrogen) atoms. The number of methoxy groups -OCH3 is 1. The summed E-state index contributed by atoms with van der Waals surface area (Å²) in [6.45, 7) is 7.08. The summed E-state index contributed by atoms with van der Waals surface area (Å²) in [4.78, 5) is 25.8. The monoisotopic (exact) mass is 270 g/mol. The van der Waals surface area contributed by atoms with E-state index in [-0.39, 0.29) is 29.8 Å². The van der Waals surface area contributed by atoms with Gasteiger partial charge in [0.1, 0.15) is 0 Å². The van der Waals surface area contributed by atoms with Crippen LogP contribution >= 0.6 is 0 Å². The van der Waals surface area contributed by atoms with Gasteiger partial charge < -0.3 is 15.0 Å². The second-order valence-electron chi connectivity index (χ2n) is 5.27. The van der Waals surface area contributed by atoms with Gasteiger partial charge >= 0.3 is 0 Å². The van der Waals surface area contributed by atoms with E-state index < -0.39 is 0 Å². The Bertz CT molecular complexity index is 316. The maximum atomic E-state index is 12.1. The molecule has 0 aromatic carbocycles. The van der Waals surface area contributed by atoms with Crippen LogP contribution in [0, 0.1) is 5.92 Å². The zero-order chi connectivity index (χ0) is 14.4. The topological polar surface area (TPSA) is 58.6 Å². The summed E-state index contributed by atoms with van der Waals surface area (Å²) in [5, 5.41) is 3.02. The summed E-state index contributed by atoms with van der Waals surface area (Å²) < 4.78 is 5.06. The first-order valence-electron chi connectivity index (χ1n) is 7.12. The number of amides is 2. The third-order valence-electron chi connectivity index (χ3n) is 3.80. The Kier molecular flexibility index (Phi) is 6.28. The zero-order valence-corrected chi connectivity index (χ0v) is 12.4. The van der Waals surface area contributed by atoms with E-state index in [1.807, 2.05) is 6.92 Å². The highest BCUT2D eigenvalue weighted by atomic mass is 16.5. The van der Waals surface area contributed by atoms with Gasteiger partial charge in [0.15, 0.2) is 0 Å². The third kappa shape index (κ3) is 4.20. The minimum atomic E-state index is -0.215. The van der Waals surface area contributed by atoms with E-state index in [9.17, 15) is 9.59 Å². The zero-order valence-electron chi connectivity index (χ0n) is 12.4. The van der Waals surface area contributed by atoms with Crippen LogP contribution in [-0.4, -0.2) is 49.1 Å². The molecule has 1 N–H and O–H groups in total. The number of carbonyl (C=O) groups excluding carboxylic acids is 2. The van der Waals surface area contributed by atoms with E-state index in [4.69, 9.17) is 4.74 Å². The second-order valence-corrected chi connectivity index (χ2v) is 5.27. The maximum Gasteiger partial charge on any atom is 0.225 e. The van der Waals surface area contributed by atoms with Gasteiger partial charge in [-0.3, -0.25) is 9.59 Å². The molecule has 2 amide bonds. The minimum Gasteiger partial charge on any atom is -0.383 e. The second kappa shape index (κ2) is 7.48. The molecule has 1 rings (SSSR count). The number of nitrogens with zero attached hydrogens (tertiary/aromatic N) is 1. The number of likely N-dealkylation sites (tertiary alicyclic amines) is 1. The number of carbonyl (C=O) groups is 2. The summed E-state index contributed by atoms with van der Waals surface area (Å²) in [6, 6.07) is 0.247. The van der Waals surface area contributed by atoms with Crippen LogP contribution < -0.4 is 5.32 Å². The van der Waals surface area contributed by atoms with Crippen LogP contribution in [0.5, 0.6) is 0 Å². The Hall–Kier alpha value is -1.10. The Morgan fingerprint density at radius 2 is 2.11 bits per heavy atom. The molecule has 1 aliphatic rings. The van der Waals surface area contributed by atoms with Crippen molar-refractivity contribution in [2.24, 2.45) is 5.92 Å². The highest BCUT2D eigenvalue weighted by Crippen LogP contribution is 2.21. The molecule has 0 unspecified atom stereocenters. The van der Waals surface area contributed by atoms with Crippen LogP contribution in [0.25, 0.3) is 0 Å². The highest BCUT2D eigenvalue weighted by molar-refractivity contribution is 5.89. The maximum absolute atomic E-state index is 12.1. The fourth-order valence-electron chi connectivity index (χ4n) is 2.48. The van der Waals surface area contributed by atoms with Crippen LogP contribution in [0.2, 0.25) is 0 Å². The Balaban J connectivity index is 2.53. The molecule has 0 aliphatic carbocycles. The lowest BCUT2D eigenvalue weighted by Crippen LogP contribution is -2.41. The van der Waals surface area contributed by atoms with Crippen molar-refractivity contribution in [2.45, 2.75) is 52.1 Å². The molecule has 5 nitrogen and oxygen atoms in total. The van der Waals surface area contributed by atoms with Crippen molar-refractivity contribution in [2.75, 3.05) is 20.3 Å². The number of rotatable bonds is 7. The quantitative estimate of drug-likeness (QED) is 0.755. The Labute approximate surface area is 115 Å². The highest BCUT2D eigenvalue weighted by Gasteiger charge is 2.36. The molecule has 1 fully saturated rings. The lowest BCUT2D eigenvalue weighted by atomic mass is 10.1. The summed E-state index contributed by atoms with van der Waals surface area (Å²) in [5.41, 5.74) is 0. The Morgan fingerprint density at radius 3 is 2.63 bits per heavy atom. The van der Waals surface area contributed by atoms with Gasteiger partial charge in [-0.15, -0.1) is 0 Å². The SMILES string of the molecule is CCC(CC)NC(=O)[C@@H]1CC(=O)N([C@H](C)COC)C1. The Morgan fingerprint density at radius 1 is 1.47 bits per heavy atom. The van der Waals surface area contributed by atoms with Crippen molar-refractivity contribution < 1.29 is 14.3 Å². The molecule has 0 radical (unpaired) electrons. The molecule has 0 spiro atoms. The van der Waals surface area contributed by atoms with Crippen molar-refractivity contribution in [3.8, 4) is 0 Å². The van der Waals surface area contributed by atoms with Crippen molar-refractivity contribution in [3.05, 3.63) is 0 Å². The van der Waals surface area contributed by atoms with Crippen LogP contribution in [0.4, 0.5) is 0 Å². The van der Waals surface area contributed by atoms with Gasteiger partial charge in [-0.05, 0) is 19.8 Å². The lowest BCUT2D eigenvalue weighted by Gasteiger charge is -2.24. The molecule has 5 heteroatoms. The predicted octanol–water partition coefficient (Wildman–Crippen LogP) is 1.17.